The van der Waals surface area contributed by atoms with Crippen molar-refractivity contribution in [2.24, 2.45) is 0 Å². The number of hydrogen-bond donors (Lipinski definition) is 1. The van der Waals surface area contributed by atoms with E-state index in [1.807, 2.05) is 60.7 Å². The number of aliphatic hydroxyl groups is 1. The van der Waals surface area contributed by atoms with Crippen molar-refractivity contribution in [3.63, 3.8) is 0 Å². The van der Waals surface area contributed by atoms with Crippen LogP contribution >= 0.6 is 0 Å². The Balaban J connectivity index is 1.91. The molecule has 2 aromatic carbocycles. The molecule has 2 aromatic rings. The molecule has 0 atom stereocenters. The van der Waals surface area contributed by atoms with E-state index in [1.165, 1.54) is 0 Å². The number of nitrogens with zero attached hydrogens (tertiary/aromatic N) is 1. The molecule has 1 N–H and O–H groups in total. The predicted octanol–water partition coefficient (Wildman–Crippen LogP) is 3.13. The summed E-state index contributed by atoms with van der Waals surface area (Å²) in [5.74, 6) is 0. The highest BCUT2D eigenvalue weighted by atomic mass is 16.3. The van der Waals surface area contributed by atoms with Gasteiger partial charge in [-0.3, -0.25) is 0 Å². The van der Waals surface area contributed by atoms with Gasteiger partial charge in [-0.25, -0.2) is 0 Å². The summed E-state index contributed by atoms with van der Waals surface area (Å²) in [4.78, 5) is 0. The predicted molar refractivity (Wildman–Crippen MR) is 73.3 cm³/mol. The molecule has 19 heavy (non-hydrogen) atoms. The summed E-state index contributed by atoms with van der Waals surface area (Å²) < 4.78 is 0. The van der Waals surface area contributed by atoms with Crippen molar-refractivity contribution in [3.8, 4) is 6.07 Å². The van der Waals surface area contributed by atoms with Gasteiger partial charge < -0.3 is 5.11 Å². The first-order chi connectivity index (χ1) is 9.19. The number of rotatable bonds is 2. The summed E-state index contributed by atoms with van der Waals surface area (Å²) in [5, 5.41) is 20.2. The second kappa shape index (κ2) is 4.22. The standard InChI is InChI=1S/C17H15NO/c18-13-16(14-7-3-1-4-8-14)11-17(19,12-16)15-9-5-2-6-10-15/h1-10,19H,11-12H2. The zero-order chi connectivity index (χ0) is 13.3. The normalized spacial score (nSPS) is 29.3. The monoisotopic (exact) mass is 249 g/mol. The summed E-state index contributed by atoms with van der Waals surface area (Å²) in [6.07, 6.45) is 0.926. The zero-order valence-corrected chi connectivity index (χ0v) is 10.6. The van der Waals surface area contributed by atoms with E-state index in [4.69, 9.17) is 0 Å². The van der Waals surface area contributed by atoms with Crippen LogP contribution in [-0.4, -0.2) is 5.11 Å². The molecule has 0 spiro atoms. The number of nitriles is 1. The zero-order valence-electron chi connectivity index (χ0n) is 10.6. The first-order valence-corrected chi connectivity index (χ1v) is 6.43. The maximum Gasteiger partial charge on any atom is 0.0933 e. The molecule has 0 aliphatic heterocycles. The fraction of sp³-hybridized carbons (Fsp3) is 0.235. The van der Waals surface area contributed by atoms with Crippen molar-refractivity contribution in [3.05, 3.63) is 71.8 Å². The molecule has 0 unspecified atom stereocenters. The molecule has 1 aliphatic carbocycles. The minimum absolute atomic E-state index is 0.463. The van der Waals surface area contributed by atoms with Gasteiger partial charge in [0.25, 0.3) is 0 Å². The fourth-order valence-electron chi connectivity index (χ4n) is 3.00. The Bertz CT molecular complexity index is 607. The highest BCUT2D eigenvalue weighted by Crippen LogP contribution is 2.54. The van der Waals surface area contributed by atoms with E-state index < -0.39 is 11.0 Å². The van der Waals surface area contributed by atoms with Gasteiger partial charge in [0.05, 0.1) is 17.1 Å². The summed E-state index contributed by atoms with van der Waals surface area (Å²) in [6, 6.07) is 21.8. The van der Waals surface area contributed by atoms with Crippen LogP contribution in [0.4, 0.5) is 0 Å². The molecule has 0 aromatic heterocycles. The molecule has 2 nitrogen and oxygen atoms in total. The maximum atomic E-state index is 10.7. The Labute approximate surface area is 112 Å². The van der Waals surface area contributed by atoms with Gasteiger partial charge in [0.2, 0.25) is 0 Å². The van der Waals surface area contributed by atoms with Gasteiger partial charge in [-0.2, -0.15) is 5.26 Å². The number of benzene rings is 2. The van der Waals surface area contributed by atoms with Crippen LogP contribution in [0, 0.1) is 11.3 Å². The van der Waals surface area contributed by atoms with Crippen LogP contribution in [0.2, 0.25) is 0 Å². The van der Waals surface area contributed by atoms with Crippen LogP contribution in [0.3, 0.4) is 0 Å². The Morgan fingerprint density at radius 3 is 1.79 bits per heavy atom. The van der Waals surface area contributed by atoms with E-state index in [2.05, 4.69) is 6.07 Å². The second-order valence-corrected chi connectivity index (χ2v) is 5.31. The second-order valence-electron chi connectivity index (χ2n) is 5.31. The number of hydrogen-bond acceptors (Lipinski definition) is 2. The van der Waals surface area contributed by atoms with Gasteiger partial charge in [-0.15, -0.1) is 0 Å². The van der Waals surface area contributed by atoms with Crippen molar-refractivity contribution in [1.82, 2.24) is 0 Å². The minimum Gasteiger partial charge on any atom is -0.385 e. The molecular weight excluding hydrogens is 234 g/mol. The molecule has 1 saturated carbocycles. The maximum absolute atomic E-state index is 10.7. The van der Waals surface area contributed by atoms with E-state index in [0.717, 1.165) is 11.1 Å². The van der Waals surface area contributed by atoms with Gasteiger partial charge in [0.15, 0.2) is 0 Å². The molecule has 0 bridgehead atoms. The largest absolute Gasteiger partial charge is 0.385 e. The molecule has 1 aliphatic rings. The Morgan fingerprint density at radius 2 is 1.32 bits per heavy atom. The van der Waals surface area contributed by atoms with E-state index in [0.29, 0.717) is 12.8 Å². The quantitative estimate of drug-likeness (QED) is 0.888. The van der Waals surface area contributed by atoms with Crippen molar-refractivity contribution in [2.45, 2.75) is 23.9 Å². The third kappa shape index (κ3) is 1.83. The van der Waals surface area contributed by atoms with Crippen molar-refractivity contribution < 1.29 is 5.11 Å². The first-order valence-electron chi connectivity index (χ1n) is 6.43. The average Bonchev–Trinajstić information content (AvgIpc) is 2.45. The molecular formula is C17H15NO. The molecule has 0 amide bonds. The minimum atomic E-state index is -0.868. The fourth-order valence-corrected chi connectivity index (χ4v) is 3.00. The summed E-state index contributed by atoms with van der Waals surface area (Å²) in [5.41, 5.74) is 0.480. The van der Waals surface area contributed by atoms with E-state index >= 15 is 0 Å². The van der Waals surface area contributed by atoms with Crippen LogP contribution in [0.25, 0.3) is 0 Å². The van der Waals surface area contributed by atoms with E-state index in [1.54, 1.807) is 0 Å². The highest BCUT2D eigenvalue weighted by Gasteiger charge is 2.56. The Morgan fingerprint density at radius 1 is 0.842 bits per heavy atom. The lowest BCUT2D eigenvalue weighted by Gasteiger charge is -2.50. The van der Waals surface area contributed by atoms with E-state index in [9.17, 15) is 10.4 Å². The van der Waals surface area contributed by atoms with Gasteiger partial charge in [-0.05, 0) is 11.1 Å². The van der Waals surface area contributed by atoms with Crippen molar-refractivity contribution >= 4 is 0 Å². The molecule has 0 saturated heterocycles. The Kier molecular flexibility index (Phi) is 2.66. The SMILES string of the molecule is N#CC1(c2ccccc2)CC(O)(c2ccccc2)C1. The molecule has 2 heteroatoms. The lowest BCUT2D eigenvalue weighted by molar-refractivity contribution is -0.0786. The molecule has 0 radical (unpaired) electrons. The van der Waals surface area contributed by atoms with Crippen molar-refractivity contribution in [1.29, 1.82) is 5.26 Å². The summed E-state index contributed by atoms with van der Waals surface area (Å²) in [6.45, 7) is 0. The van der Waals surface area contributed by atoms with Crippen LogP contribution in [-0.2, 0) is 11.0 Å². The average molecular weight is 249 g/mol. The topological polar surface area (TPSA) is 44.0 Å². The van der Waals surface area contributed by atoms with Crippen molar-refractivity contribution in [2.75, 3.05) is 0 Å². The van der Waals surface area contributed by atoms with Gasteiger partial charge in [-0.1, -0.05) is 60.7 Å². The van der Waals surface area contributed by atoms with Crippen LogP contribution in [0.5, 0.6) is 0 Å². The van der Waals surface area contributed by atoms with Gasteiger partial charge in [0.1, 0.15) is 0 Å². The molecule has 0 heterocycles. The van der Waals surface area contributed by atoms with E-state index in [-0.39, 0.29) is 0 Å². The smallest absolute Gasteiger partial charge is 0.0933 e. The third-order valence-corrected chi connectivity index (χ3v) is 4.04. The van der Waals surface area contributed by atoms with Gasteiger partial charge in [0, 0.05) is 12.8 Å². The lowest BCUT2D eigenvalue weighted by Crippen LogP contribution is -2.51. The third-order valence-electron chi connectivity index (χ3n) is 4.04. The van der Waals surface area contributed by atoms with Crippen LogP contribution < -0.4 is 0 Å². The summed E-state index contributed by atoms with van der Waals surface area (Å²) >= 11 is 0. The summed E-state index contributed by atoms with van der Waals surface area (Å²) in [7, 11) is 0. The molecule has 94 valence electrons. The molecule has 3 rings (SSSR count). The highest BCUT2D eigenvalue weighted by molar-refractivity contribution is 5.42. The first kappa shape index (κ1) is 12.0. The Hall–Kier alpha value is -2.11. The lowest BCUT2D eigenvalue weighted by atomic mass is 9.55. The van der Waals surface area contributed by atoms with Crippen LogP contribution in [0.15, 0.2) is 60.7 Å². The van der Waals surface area contributed by atoms with Gasteiger partial charge >= 0.3 is 0 Å². The molecule has 1 fully saturated rings. The van der Waals surface area contributed by atoms with Crippen LogP contribution in [0.1, 0.15) is 24.0 Å².